The van der Waals surface area contributed by atoms with Crippen LogP contribution >= 0.6 is 0 Å². The van der Waals surface area contributed by atoms with Crippen LogP contribution in [0.25, 0.3) is 22.6 Å². The smallest absolute Gasteiger partial charge is 0.227 e. The standard InChI is InChI=1S/C17H15NO2/c1-3-6-12-11-13(9-10-15(12)19-2)17-18-14-7-4-5-8-16(14)20-17/h3-5,7-11H,1,6H2,2H3. The van der Waals surface area contributed by atoms with Gasteiger partial charge in [0.2, 0.25) is 5.89 Å². The molecule has 3 aromatic rings. The molecule has 0 aliphatic heterocycles. The van der Waals surface area contributed by atoms with Gasteiger partial charge in [-0.15, -0.1) is 6.58 Å². The Bertz CT molecular complexity index is 726. The summed E-state index contributed by atoms with van der Waals surface area (Å²) in [4.78, 5) is 4.51. The molecule has 0 amide bonds. The first kappa shape index (κ1) is 12.5. The van der Waals surface area contributed by atoms with Gasteiger partial charge in [-0.1, -0.05) is 18.2 Å². The van der Waals surface area contributed by atoms with Crippen molar-refractivity contribution in [2.24, 2.45) is 0 Å². The van der Waals surface area contributed by atoms with Crippen molar-refractivity contribution in [2.75, 3.05) is 7.11 Å². The molecule has 3 nitrogen and oxygen atoms in total. The van der Waals surface area contributed by atoms with E-state index in [-0.39, 0.29) is 0 Å². The predicted octanol–water partition coefficient (Wildman–Crippen LogP) is 4.23. The number of rotatable bonds is 4. The predicted molar refractivity (Wildman–Crippen MR) is 79.9 cm³/mol. The molecule has 3 heteroatoms. The zero-order chi connectivity index (χ0) is 13.9. The third kappa shape index (κ3) is 2.18. The molecule has 0 aliphatic carbocycles. The van der Waals surface area contributed by atoms with Gasteiger partial charge < -0.3 is 9.15 Å². The monoisotopic (exact) mass is 265 g/mol. The van der Waals surface area contributed by atoms with Crippen LogP contribution in [0.15, 0.2) is 59.5 Å². The third-order valence-electron chi connectivity index (χ3n) is 3.19. The highest BCUT2D eigenvalue weighted by molar-refractivity contribution is 5.76. The number of hydrogen-bond donors (Lipinski definition) is 0. The van der Waals surface area contributed by atoms with Crippen LogP contribution in [0.2, 0.25) is 0 Å². The Balaban J connectivity index is 2.08. The van der Waals surface area contributed by atoms with E-state index in [2.05, 4.69) is 11.6 Å². The third-order valence-corrected chi connectivity index (χ3v) is 3.19. The van der Waals surface area contributed by atoms with Gasteiger partial charge in [0.1, 0.15) is 11.3 Å². The summed E-state index contributed by atoms with van der Waals surface area (Å²) in [6.07, 6.45) is 2.60. The maximum Gasteiger partial charge on any atom is 0.227 e. The van der Waals surface area contributed by atoms with Crippen molar-refractivity contribution in [1.29, 1.82) is 0 Å². The lowest BCUT2D eigenvalue weighted by Gasteiger charge is -2.07. The van der Waals surface area contributed by atoms with Gasteiger partial charge in [-0.3, -0.25) is 0 Å². The van der Waals surface area contributed by atoms with Crippen LogP contribution in [0.5, 0.6) is 5.75 Å². The van der Waals surface area contributed by atoms with Crippen molar-refractivity contribution in [3.05, 3.63) is 60.7 Å². The number of aromatic nitrogens is 1. The molecule has 0 saturated heterocycles. The van der Waals surface area contributed by atoms with Crippen molar-refractivity contribution < 1.29 is 9.15 Å². The van der Waals surface area contributed by atoms with Crippen molar-refractivity contribution in [3.63, 3.8) is 0 Å². The average molecular weight is 265 g/mol. The highest BCUT2D eigenvalue weighted by Crippen LogP contribution is 2.29. The minimum Gasteiger partial charge on any atom is -0.496 e. The number of fused-ring (bicyclic) bond motifs is 1. The number of allylic oxidation sites excluding steroid dienone is 1. The fourth-order valence-corrected chi connectivity index (χ4v) is 2.22. The second-order valence-electron chi connectivity index (χ2n) is 4.51. The normalized spacial score (nSPS) is 10.7. The summed E-state index contributed by atoms with van der Waals surface area (Å²) in [6.45, 7) is 3.77. The number of methoxy groups -OCH3 is 1. The molecular formula is C17H15NO2. The Morgan fingerprint density at radius 3 is 2.85 bits per heavy atom. The Hall–Kier alpha value is -2.55. The molecule has 0 unspecified atom stereocenters. The molecule has 0 aliphatic rings. The molecule has 0 radical (unpaired) electrons. The topological polar surface area (TPSA) is 35.3 Å². The second kappa shape index (κ2) is 5.21. The van der Waals surface area contributed by atoms with E-state index in [1.165, 1.54) is 0 Å². The van der Waals surface area contributed by atoms with E-state index in [1.54, 1.807) is 7.11 Å². The van der Waals surface area contributed by atoms with Crippen LogP contribution in [0, 0.1) is 0 Å². The van der Waals surface area contributed by atoms with E-state index in [4.69, 9.17) is 9.15 Å². The number of hydrogen-bond acceptors (Lipinski definition) is 3. The van der Waals surface area contributed by atoms with Gasteiger partial charge in [-0.25, -0.2) is 4.98 Å². The van der Waals surface area contributed by atoms with Gasteiger partial charge in [0.05, 0.1) is 7.11 Å². The zero-order valence-electron chi connectivity index (χ0n) is 11.3. The summed E-state index contributed by atoms with van der Waals surface area (Å²) >= 11 is 0. The highest BCUT2D eigenvalue weighted by Gasteiger charge is 2.10. The van der Waals surface area contributed by atoms with Gasteiger partial charge >= 0.3 is 0 Å². The van der Waals surface area contributed by atoms with Crippen molar-refractivity contribution in [1.82, 2.24) is 4.98 Å². The Morgan fingerprint density at radius 1 is 1.25 bits per heavy atom. The molecule has 1 aromatic heterocycles. The van der Waals surface area contributed by atoms with Crippen molar-refractivity contribution in [3.8, 4) is 17.2 Å². The zero-order valence-corrected chi connectivity index (χ0v) is 11.3. The summed E-state index contributed by atoms with van der Waals surface area (Å²) in [6, 6.07) is 13.7. The van der Waals surface area contributed by atoms with Crippen molar-refractivity contribution in [2.45, 2.75) is 6.42 Å². The van der Waals surface area contributed by atoms with Gasteiger partial charge in [-0.05, 0) is 42.3 Å². The van der Waals surface area contributed by atoms with Crippen LogP contribution < -0.4 is 4.74 Å². The second-order valence-corrected chi connectivity index (χ2v) is 4.51. The SMILES string of the molecule is C=CCc1cc(-c2nc3ccccc3o2)ccc1OC. The highest BCUT2D eigenvalue weighted by atomic mass is 16.5. The molecule has 0 spiro atoms. The van der Waals surface area contributed by atoms with E-state index >= 15 is 0 Å². The number of para-hydroxylation sites is 2. The lowest BCUT2D eigenvalue weighted by Crippen LogP contribution is -1.91. The number of oxazole rings is 1. The summed E-state index contributed by atoms with van der Waals surface area (Å²) < 4.78 is 11.1. The molecule has 3 rings (SSSR count). The minimum atomic E-state index is 0.624. The number of benzene rings is 2. The first-order chi connectivity index (χ1) is 9.81. The van der Waals surface area contributed by atoms with Crippen LogP contribution in [-0.2, 0) is 6.42 Å². The van der Waals surface area contributed by atoms with Crippen LogP contribution in [-0.4, -0.2) is 12.1 Å². The fraction of sp³-hybridized carbons (Fsp3) is 0.118. The fourth-order valence-electron chi connectivity index (χ4n) is 2.22. The molecule has 1 heterocycles. The summed E-state index contributed by atoms with van der Waals surface area (Å²) in [7, 11) is 1.67. The lowest BCUT2D eigenvalue weighted by atomic mass is 10.1. The molecular weight excluding hydrogens is 250 g/mol. The first-order valence-corrected chi connectivity index (χ1v) is 6.45. The lowest BCUT2D eigenvalue weighted by molar-refractivity contribution is 0.410. The molecule has 20 heavy (non-hydrogen) atoms. The summed E-state index contributed by atoms with van der Waals surface area (Å²) in [5.41, 5.74) is 3.67. The van der Waals surface area contributed by atoms with E-state index in [0.29, 0.717) is 5.89 Å². The van der Waals surface area contributed by atoms with Crippen molar-refractivity contribution >= 4 is 11.1 Å². The van der Waals surface area contributed by atoms with E-state index in [1.807, 2.05) is 48.5 Å². The van der Waals surface area contributed by atoms with Crippen LogP contribution in [0.4, 0.5) is 0 Å². The maximum absolute atomic E-state index is 5.78. The maximum atomic E-state index is 5.78. The Morgan fingerprint density at radius 2 is 2.10 bits per heavy atom. The van der Waals surface area contributed by atoms with Gasteiger partial charge in [-0.2, -0.15) is 0 Å². The molecule has 0 N–H and O–H groups in total. The van der Waals surface area contributed by atoms with E-state index in [0.717, 1.165) is 34.4 Å². The largest absolute Gasteiger partial charge is 0.496 e. The quantitative estimate of drug-likeness (QED) is 0.662. The Labute approximate surface area is 117 Å². The average Bonchev–Trinajstić information content (AvgIpc) is 2.91. The first-order valence-electron chi connectivity index (χ1n) is 6.45. The van der Waals surface area contributed by atoms with Gasteiger partial charge in [0.15, 0.2) is 5.58 Å². The number of nitrogens with zero attached hydrogens (tertiary/aromatic N) is 1. The van der Waals surface area contributed by atoms with Crippen LogP contribution in [0.3, 0.4) is 0 Å². The summed E-state index contributed by atoms with van der Waals surface area (Å²) in [5.74, 6) is 1.48. The van der Waals surface area contributed by atoms with E-state index in [9.17, 15) is 0 Å². The van der Waals surface area contributed by atoms with Gasteiger partial charge in [0, 0.05) is 5.56 Å². The van der Waals surface area contributed by atoms with E-state index < -0.39 is 0 Å². The number of ether oxygens (including phenoxy) is 1. The van der Waals surface area contributed by atoms with Crippen LogP contribution in [0.1, 0.15) is 5.56 Å². The molecule has 2 aromatic carbocycles. The molecule has 0 atom stereocenters. The Kier molecular flexibility index (Phi) is 3.25. The molecule has 0 fully saturated rings. The molecule has 0 saturated carbocycles. The minimum absolute atomic E-state index is 0.624. The van der Waals surface area contributed by atoms with Gasteiger partial charge in [0.25, 0.3) is 0 Å². The molecule has 100 valence electrons. The summed E-state index contributed by atoms with van der Waals surface area (Å²) in [5, 5.41) is 0. The molecule has 0 bridgehead atoms.